The number of rotatable bonds is 6. The molecule has 2 aromatic carbocycles. The van der Waals surface area contributed by atoms with Gasteiger partial charge in [0, 0.05) is 22.4 Å². The van der Waals surface area contributed by atoms with Gasteiger partial charge in [-0.1, -0.05) is 42.5 Å². The molecule has 136 valence electrons. The second kappa shape index (κ2) is 7.78. The van der Waals surface area contributed by atoms with E-state index in [1.165, 1.54) is 11.3 Å². The highest BCUT2D eigenvalue weighted by molar-refractivity contribution is 7.10. The van der Waals surface area contributed by atoms with Gasteiger partial charge in [0.2, 0.25) is 5.91 Å². The maximum atomic E-state index is 12.4. The van der Waals surface area contributed by atoms with Crippen molar-refractivity contribution in [2.75, 3.05) is 6.54 Å². The average Bonchev–Trinajstić information content (AvgIpc) is 3.38. The van der Waals surface area contributed by atoms with E-state index in [9.17, 15) is 9.90 Å². The van der Waals surface area contributed by atoms with Gasteiger partial charge < -0.3 is 14.8 Å². The summed E-state index contributed by atoms with van der Waals surface area (Å²) in [6, 6.07) is 19.6. The smallest absolute Gasteiger partial charge is 0.224 e. The van der Waals surface area contributed by atoms with Crippen LogP contribution >= 0.6 is 11.3 Å². The first kappa shape index (κ1) is 17.5. The number of fused-ring (bicyclic) bond motifs is 1. The summed E-state index contributed by atoms with van der Waals surface area (Å²) in [4.78, 5) is 13.1. The van der Waals surface area contributed by atoms with Crippen LogP contribution in [0.5, 0.6) is 0 Å². The van der Waals surface area contributed by atoms with Gasteiger partial charge in [-0.2, -0.15) is 0 Å². The highest BCUT2D eigenvalue weighted by Gasteiger charge is 2.14. The van der Waals surface area contributed by atoms with Crippen LogP contribution in [0.3, 0.4) is 0 Å². The number of hydrogen-bond acceptors (Lipinski definition) is 4. The predicted molar refractivity (Wildman–Crippen MR) is 108 cm³/mol. The van der Waals surface area contributed by atoms with Crippen LogP contribution in [-0.4, -0.2) is 17.6 Å². The largest absolute Gasteiger partial charge is 0.464 e. The van der Waals surface area contributed by atoms with Crippen LogP contribution < -0.4 is 5.32 Å². The topological polar surface area (TPSA) is 62.5 Å². The van der Waals surface area contributed by atoms with Gasteiger partial charge >= 0.3 is 0 Å². The van der Waals surface area contributed by atoms with Crippen molar-refractivity contribution in [3.63, 3.8) is 0 Å². The zero-order valence-corrected chi connectivity index (χ0v) is 15.4. The minimum Gasteiger partial charge on any atom is -0.464 e. The van der Waals surface area contributed by atoms with Crippen molar-refractivity contribution < 1.29 is 14.3 Å². The highest BCUT2D eigenvalue weighted by Crippen LogP contribution is 2.29. The lowest BCUT2D eigenvalue weighted by molar-refractivity contribution is -0.120. The molecule has 0 fully saturated rings. The van der Waals surface area contributed by atoms with E-state index in [1.54, 1.807) is 6.26 Å². The van der Waals surface area contributed by atoms with E-state index in [-0.39, 0.29) is 18.9 Å². The maximum absolute atomic E-state index is 12.4. The molecule has 1 atom stereocenters. The molecular weight excluding hydrogens is 358 g/mol. The number of aliphatic hydroxyl groups excluding tert-OH is 1. The molecule has 4 nitrogen and oxygen atoms in total. The molecule has 4 rings (SSSR count). The van der Waals surface area contributed by atoms with Crippen LogP contribution in [0.1, 0.15) is 16.5 Å². The standard InChI is InChI=1S/C22H19NO3S/c24-19(21-11-17(14-27-21)20-9-4-10-26-20)13-23-22(25)12-16-7-3-6-15-5-1-2-8-18(15)16/h1-11,14,19,24H,12-13H2,(H,23,25). The fraction of sp³-hybridized carbons (Fsp3) is 0.136. The summed E-state index contributed by atoms with van der Waals surface area (Å²) < 4.78 is 5.37. The Morgan fingerprint density at radius 1 is 1.11 bits per heavy atom. The third kappa shape index (κ3) is 3.94. The Balaban J connectivity index is 1.37. The molecule has 27 heavy (non-hydrogen) atoms. The molecule has 5 heteroatoms. The van der Waals surface area contributed by atoms with Gasteiger partial charge in [-0.05, 0) is 34.5 Å². The first-order valence-corrected chi connectivity index (χ1v) is 9.62. The Bertz CT molecular complexity index is 1050. The van der Waals surface area contributed by atoms with Crippen molar-refractivity contribution in [1.82, 2.24) is 5.32 Å². The van der Waals surface area contributed by atoms with Crippen molar-refractivity contribution in [3.05, 3.63) is 82.7 Å². The number of aliphatic hydroxyl groups is 1. The van der Waals surface area contributed by atoms with E-state index < -0.39 is 6.10 Å². The number of carbonyl (C=O) groups is 1. The second-order valence-electron chi connectivity index (χ2n) is 6.35. The monoisotopic (exact) mass is 377 g/mol. The number of benzene rings is 2. The van der Waals surface area contributed by atoms with Crippen LogP contribution in [0, 0.1) is 0 Å². The summed E-state index contributed by atoms with van der Waals surface area (Å²) in [6.45, 7) is 0.182. The fourth-order valence-electron chi connectivity index (χ4n) is 3.09. The highest BCUT2D eigenvalue weighted by atomic mass is 32.1. The molecule has 4 aromatic rings. The molecule has 0 bridgehead atoms. The molecule has 0 radical (unpaired) electrons. The SMILES string of the molecule is O=C(Cc1cccc2ccccc12)NCC(O)c1cc(-c2ccco2)cs1. The van der Waals surface area contributed by atoms with Crippen LogP contribution in [0.15, 0.2) is 76.7 Å². The Labute approximate surface area is 161 Å². The van der Waals surface area contributed by atoms with Crippen LogP contribution in [0.25, 0.3) is 22.1 Å². The third-order valence-electron chi connectivity index (χ3n) is 4.48. The Morgan fingerprint density at radius 2 is 1.96 bits per heavy atom. The summed E-state index contributed by atoms with van der Waals surface area (Å²) in [5.74, 6) is 0.665. The molecule has 2 aromatic heterocycles. The normalized spacial score (nSPS) is 12.2. The van der Waals surface area contributed by atoms with Gasteiger partial charge in [-0.25, -0.2) is 0 Å². The first-order chi connectivity index (χ1) is 13.2. The molecule has 1 amide bonds. The molecular formula is C22H19NO3S. The van der Waals surface area contributed by atoms with Crippen LogP contribution in [0.2, 0.25) is 0 Å². The number of hydrogen-bond donors (Lipinski definition) is 2. The summed E-state index contributed by atoms with van der Waals surface area (Å²) in [6.07, 6.45) is 1.17. The quantitative estimate of drug-likeness (QED) is 0.518. The van der Waals surface area contributed by atoms with E-state index in [2.05, 4.69) is 5.32 Å². The Kier molecular flexibility index (Phi) is 5.05. The maximum Gasteiger partial charge on any atom is 0.224 e. The minimum atomic E-state index is -0.741. The third-order valence-corrected chi connectivity index (χ3v) is 5.51. The molecule has 1 unspecified atom stereocenters. The molecule has 0 saturated heterocycles. The Hall–Kier alpha value is -2.89. The summed E-state index contributed by atoms with van der Waals surface area (Å²) in [5.41, 5.74) is 1.91. The van der Waals surface area contributed by atoms with E-state index in [4.69, 9.17) is 4.42 Å². The van der Waals surface area contributed by atoms with Crippen molar-refractivity contribution in [3.8, 4) is 11.3 Å². The lowest BCUT2D eigenvalue weighted by Gasteiger charge is -2.11. The van der Waals surface area contributed by atoms with Crippen LogP contribution in [-0.2, 0) is 11.2 Å². The van der Waals surface area contributed by atoms with E-state index in [0.717, 1.165) is 32.5 Å². The number of carbonyl (C=O) groups excluding carboxylic acids is 1. The van der Waals surface area contributed by atoms with Crippen molar-refractivity contribution in [2.45, 2.75) is 12.5 Å². The molecule has 0 aliphatic rings. The van der Waals surface area contributed by atoms with Crippen molar-refractivity contribution >= 4 is 28.0 Å². The predicted octanol–water partition coefficient (Wildman–Crippen LogP) is 4.55. The molecule has 0 saturated carbocycles. The number of furan rings is 1. The zero-order chi connectivity index (χ0) is 18.6. The lowest BCUT2D eigenvalue weighted by Crippen LogP contribution is -2.29. The molecule has 0 aliphatic heterocycles. The van der Waals surface area contributed by atoms with Gasteiger partial charge in [0.15, 0.2) is 0 Å². The van der Waals surface area contributed by atoms with E-state index in [0.29, 0.717) is 0 Å². The summed E-state index contributed by atoms with van der Waals surface area (Å²) in [7, 11) is 0. The lowest BCUT2D eigenvalue weighted by atomic mass is 10.0. The van der Waals surface area contributed by atoms with Crippen molar-refractivity contribution in [1.29, 1.82) is 0 Å². The number of amides is 1. The first-order valence-electron chi connectivity index (χ1n) is 8.74. The van der Waals surface area contributed by atoms with Gasteiger partial charge in [0.05, 0.1) is 12.7 Å². The fourth-order valence-corrected chi connectivity index (χ4v) is 3.98. The molecule has 2 heterocycles. The zero-order valence-electron chi connectivity index (χ0n) is 14.6. The van der Waals surface area contributed by atoms with Gasteiger partial charge in [0.25, 0.3) is 0 Å². The number of thiophene rings is 1. The molecule has 0 spiro atoms. The summed E-state index contributed by atoms with van der Waals surface area (Å²) in [5, 5.41) is 17.4. The summed E-state index contributed by atoms with van der Waals surface area (Å²) >= 11 is 1.45. The van der Waals surface area contributed by atoms with E-state index >= 15 is 0 Å². The van der Waals surface area contributed by atoms with Gasteiger partial charge in [-0.3, -0.25) is 4.79 Å². The second-order valence-corrected chi connectivity index (χ2v) is 7.29. The van der Waals surface area contributed by atoms with E-state index in [1.807, 2.05) is 66.0 Å². The van der Waals surface area contributed by atoms with Gasteiger partial charge in [-0.15, -0.1) is 11.3 Å². The van der Waals surface area contributed by atoms with Gasteiger partial charge in [0.1, 0.15) is 11.9 Å². The molecule has 2 N–H and O–H groups in total. The molecule has 0 aliphatic carbocycles. The Morgan fingerprint density at radius 3 is 2.81 bits per heavy atom. The average molecular weight is 377 g/mol. The van der Waals surface area contributed by atoms with Crippen LogP contribution in [0.4, 0.5) is 0 Å². The van der Waals surface area contributed by atoms with Crippen molar-refractivity contribution in [2.24, 2.45) is 0 Å². The minimum absolute atomic E-state index is 0.104. The number of nitrogens with one attached hydrogen (secondary N) is 1.